The molecule has 2 amide bonds. The van der Waals surface area contributed by atoms with Crippen molar-refractivity contribution >= 4 is 46.4 Å². The molecule has 0 saturated carbocycles. The Bertz CT molecular complexity index is 1110. The number of para-hydroxylation sites is 1. The van der Waals surface area contributed by atoms with Crippen molar-refractivity contribution in [2.75, 3.05) is 18.4 Å². The number of benzene rings is 2. The topological polar surface area (TPSA) is 110 Å². The van der Waals surface area contributed by atoms with Crippen molar-refractivity contribution in [1.29, 1.82) is 0 Å². The van der Waals surface area contributed by atoms with Crippen molar-refractivity contribution < 1.29 is 14.5 Å². The molecule has 1 N–H and O–H groups in total. The second-order valence-corrected chi connectivity index (χ2v) is 7.21. The lowest BCUT2D eigenvalue weighted by atomic mass is 10.1. The van der Waals surface area contributed by atoms with Gasteiger partial charge < -0.3 is 14.8 Å². The molecule has 0 atom stereocenters. The van der Waals surface area contributed by atoms with Crippen LogP contribution >= 0.6 is 23.2 Å². The molecule has 0 fully saturated rings. The SMILES string of the molecule is CCN(CC(=O)Nc1c(Cl)cccc1Cl)C(=O)c1ccc(-n2ccnc2)c([N+](=O)[O-])c1. The van der Waals surface area contributed by atoms with Gasteiger partial charge in [0.1, 0.15) is 12.2 Å². The normalized spacial score (nSPS) is 10.5. The Hall–Kier alpha value is -3.43. The zero-order chi connectivity index (χ0) is 22.5. The Morgan fingerprint density at radius 1 is 1.23 bits per heavy atom. The number of likely N-dealkylation sites (N-methyl/N-ethyl adjacent to an activating group) is 1. The van der Waals surface area contributed by atoms with E-state index in [0.29, 0.717) is 0 Å². The van der Waals surface area contributed by atoms with E-state index in [1.807, 2.05) is 0 Å². The Morgan fingerprint density at radius 3 is 2.52 bits per heavy atom. The molecule has 0 radical (unpaired) electrons. The molecule has 160 valence electrons. The summed E-state index contributed by atoms with van der Waals surface area (Å²) in [6.07, 6.45) is 4.48. The van der Waals surface area contributed by atoms with E-state index in [0.717, 1.165) is 0 Å². The fraction of sp³-hybridized carbons (Fsp3) is 0.150. The highest BCUT2D eigenvalue weighted by Crippen LogP contribution is 2.30. The number of nitro groups is 1. The maximum Gasteiger partial charge on any atom is 0.294 e. The fourth-order valence-corrected chi connectivity index (χ4v) is 3.39. The monoisotopic (exact) mass is 461 g/mol. The van der Waals surface area contributed by atoms with Gasteiger partial charge >= 0.3 is 0 Å². The van der Waals surface area contributed by atoms with E-state index in [4.69, 9.17) is 23.2 Å². The minimum atomic E-state index is -0.575. The van der Waals surface area contributed by atoms with Crippen LogP contribution in [0.4, 0.5) is 11.4 Å². The van der Waals surface area contributed by atoms with Gasteiger partial charge in [-0.3, -0.25) is 19.7 Å². The molecule has 0 spiro atoms. The molecule has 11 heteroatoms. The summed E-state index contributed by atoms with van der Waals surface area (Å²) in [6, 6.07) is 8.91. The first kappa shape index (κ1) is 22.3. The van der Waals surface area contributed by atoms with Gasteiger partial charge in [0.15, 0.2) is 0 Å². The van der Waals surface area contributed by atoms with Crippen LogP contribution in [0.5, 0.6) is 0 Å². The van der Waals surface area contributed by atoms with Crippen LogP contribution in [0.1, 0.15) is 17.3 Å². The number of hydrogen-bond donors (Lipinski definition) is 1. The van der Waals surface area contributed by atoms with Crippen LogP contribution in [0.3, 0.4) is 0 Å². The molecule has 0 aliphatic heterocycles. The lowest BCUT2D eigenvalue weighted by Gasteiger charge is -2.21. The predicted octanol–water partition coefficient (Wildman–Crippen LogP) is 4.19. The van der Waals surface area contributed by atoms with Gasteiger partial charge in [-0.15, -0.1) is 0 Å². The average Bonchev–Trinajstić information content (AvgIpc) is 3.28. The Labute approximate surface area is 187 Å². The smallest absolute Gasteiger partial charge is 0.294 e. The molecule has 0 aliphatic carbocycles. The zero-order valence-corrected chi connectivity index (χ0v) is 17.8. The van der Waals surface area contributed by atoms with Gasteiger partial charge in [-0.2, -0.15) is 0 Å². The number of carbonyl (C=O) groups excluding carboxylic acids is 2. The molecule has 3 aromatic rings. The Kier molecular flexibility index (Phi) is 6.88. The summed E-state index contributed by atoms with van der Waals surface area (Å²) < 4.78 is 1.48. The van der Waals surface area contributed by atoms with E-state index in [-0.39, 0.29) is 45.8 Å². The van der Waals surface area contributed by atoms with Gasteiger partial charge in [0.25, 0.3) is 11.6 Å². The predicted molar refractivity (Wildman–Crippen MR) is 117 cm³/mol. The van der Waals surface area contributed by atoms with Crippen LogP contribution < -0.4 is 5.32 Å². The second-order valence-electron chi connectivity index (χ2n) is 6.39. The summed E-state index contributed by atoms with van der Waals surface area (Å²) in [5.41, 5.74) is 0.348. The number of carbonyl (C=O) groups is 2. The van der Waals surface area contributed by atoms with Crippen molar-refractivity contribution in [3.05, 3.63) is 80.8 Å². The van der Waals surface area contributed by atoms with Gasteiger partial charge in [-0.05, 0) is 31.2 Å². The summed E-state index contributed by atoms with van der Waals surface area (Å²) in [5.74, 6) is -1.03. The summed E-state index contributed by atoms with van der Waals surface area (Å²) in [7, 11) is 0. The number of anilines is 1. The molecule has 0 bridgehead atoms. The summed E-state index contributed by atoms with van der Waals surface area (Å²) in [5, 5.41) is 14.7. The van der Waals surface area contributed by atoms with Crippen molar-refractivity contribution in [3.8, 4) is 5.69 Å². The highest BCUT2D eigenvalue weighted by atomic mass is 35.5. The summed E-state index contributed by atoms with van der Waals surface area (Å²) >= 11 is 12.1. The number of amides is 2. The molecule has 1 heterocycles. The molecule has 3 rings (SSSR count). The molecule has 0 aliphatic rings. The molecule has 1 aromatic heterocycles. The number of nitrogens with zero attached hydrogens (tertiary/aromatic N) is 4. The van der Waals surface area contributed by atoms with E-state index in [1.165, 1.54) is 40.2 Å². The molecule has 31 heavy (non-hydrogen) atoms. The maximum atomic E-state index is 12.9. The van der Waals surface area contributed by atoms with Gasteiger partial charge in [0.05, 0.1) is 27.0 Å². The molecule has 0 saturated heterocycles. The number of nitro benzene ring substituents is 1. The van der Waals surface area contributed by atoms with Crippen molar-refractivity contribution in [3.63, 3.8) is 0 Å². The van der Waals surface area contributed by atoms with Crippen LogP contribution in [-0.2, 0) is 4.79 Å². The third-order valence-electron chi connectivity index (χ3n) is 4.43. The Balaban J connectivity index is 1.81. The number of imidazole rings is 1. The minimum Gasteiger partial charge on any atom is -0.330 e. The molecule has 2 aromatic carbocycles. The standard InChI is InChI=1S/C20H17Cl2N5O4/c1-2-25(11-18(28)24-19-14(21)4-3-5-15(19)22)20(29)13-6-7-16(17(10-13)27(30)31)26-9-8-23-12-26/h3-10,12H,2,11H2,1H3,(H,24,28). The van der Waals surface area contributed by atoms with Crippen molar-refractivity contribution in [2.24, 2.45) is 0 Å². The third-order valence-corrected chi connectivity index (χ3v) is 5.06. The van der Waals surface area contributed by atoms with E-state index < -0.39 is 16.7 Å². The first-order chi connectivity index (χ1) is 14.8. The number of aromatic nitrogens is 2. The zero-order valence-electron chi connectivity index (χ0n) is 16.3. The van der Waals surface area contributed by atoms with Gasteiger partial charge in [-0.25, -0.2) is 4.98 Å². The number of halogens is 2. The minimum absolute atomic E-state index is 0.0843. The quantitative estimate of drug-likeness (QED) is 0.418. The van der Waals surface area contributed by atoms with Gasteiger partial charge in [0, 0.05) is 30.6 Å². The fourth-order valence-electron chi connectivity index (χ4n) is 2.90. The van der Waals surface area contributed by atoms with Crippen LogP contribution in [0.25, 0.3) is 5.69 Å². The number of nitrogens with one attached hydrogen (secondary N) is 1. The van der Waals surface area contributed by atoms with Gasteiger partial charge in [-0.1, -0.05) is 29.3 Å². The van der Waals surface area contributed by atoms with E-state index >= 15 is 0 Å². The largest absolute Gasteiger partial charge is 0.330 e. The van der Waals surface area contributed by atoms with E-state index in [2.05, 4.69) is 10.3 Å². The Morgan fingerprint density at radius 2 is 1.94 bits per heavy atom. The van der Waals surface area contributed by atoms with Crippen molar-refractivity contribution in [2.45, 2.75) is 6.92 Å². The highest BCUT2D eigenvalue weighted by Gasteiger charge is 2.23. The third kappa shape index (κ3) is 5.01. The first-order valence-corrected chi connectivity index (χ1v) is 9.87. The maximum absolute atomic E-state index is 12.9. The highest BCUT2D eigenvalue weighted by molar-refractivity contribution is 6.39. The molecule has 0 unspecified atom stereocenters. The second kappa shape index (κ2) is 9.59. The first-order valence-electron chi connectivity index (χ1n) is 9.11. The van der Waals surface area contributed by atoms with Crippen LogP contribution in [-0.4, -0.2) is 44.3 Å². The van der Waals surface area contributed by atoms with Crippen LogP contribution in [0.2, 0.25) is 10.0 Å². The molecular weight excluding hydrogens is 445 g/mol. The van der Waals surface area contributed by atoms with Gasteiger partial charge in [0.2, 0.25) is 5.91 Å². The molecule has 9 nitrogen and oxygen atoms in total. The number of hydrogen-bond acceptors (Lipinski definition) is 5. The summed E-state index contributed by atoms with van der Waals surface area (Å²) in [6.45, 7) is 1.62. The number of rotatable bonds is 7. The summed E-state index contributed by atoms with van der Waals surface area (Å²) in [4.78, 5) is 41.5. The van der Waals surface area contributed by atoms with E-state index in [1.54, 1.807) is 31.3 Å². The van der Waals surface area contributed by atoms with Crippen LogP contribution in [0, 0.1) is 10.1 Å². The molecular formula is C20H17Cl2N5O4. The average molecular weight is 462 g/mol. The lowest BCUT2D eigenvalue weighted by molar-refractivity contribution is -0.384. The van der Waals surface area contributed by atoms with Crippen molar-refractivity contribution in [1.82, 2.24) is 14.5 Å². The lowest BCUT2D eigenvalue weighted by Crippen LogP contribution is -2.38. The van der Waals surface area contributed by atoms with E-state index in [9.17, 15) is 19.7 Å². The van der Waals surface area contributed by atoms with Crippen LogP contribution in [0.15, 0.2) is 55.1 Å².